The van der Waals surface area contributed by atoms with Gasteiger partial charge in [0.25, 0.3) is 0 Å². The predicted octanol–water partition coefficient (Wildman–Crippen LogP) is 0.940. The Hall–Kier alpha value is -2.95. The number of nitrogens with one attached hydrogen (secondary N) is 2. The molecular formula is C12H15N5O3. The van der Waals surface area contributed by atoms with Gasteiger partial charge in [-0.25, -0.2) is 0 Å². The summed E-state index contributed by atoms with van der Waals surface area (Å²) in [5, 5.41) is 19.7. The van der Waals surface area contributed by atoms with E-state index in [-0.39, 0.29) is 5.71 Å². The number of anilines is 1. The van der Waals surface area contributed by atoms with Crippen molar-refractivity contribution in [2.75, 3.05) is 26.8 Å². The normalized spacial score (nSPS) is 10.4. The maximum atomic E-state index is 8.77. The van der Waals surface area contributed by atoms with Crippen molar-refractivity contribution in [3.63, 3.8) is 0 Å². The first-order chi connectivity index (χ1) is 9.57. The molecule has 4 N–H and O–H groups in total. The zero-order chi connectivity index (χ0) is 15.1. The van der Waals surface area contributed by atoms with Crippen LogP contribution in [0.5, 0.6) is 17.2 Å². The Balaban J connectivity index is 3.18. The van der Waals surface area contributed by atoms with Crippen molar-refractivity contribution in [1.82, 2.24) is 0 Å². The van der Waals surface area contributed by atoms with Crippen molar-refractivity contribution in [1.29, 1.82) is 10.7 Å². The molecule has 0 saturated heterocycles. The van der Waals surface area contributed by atoms with Gasteiger partial charge >= 0.3 is 0 Å². The summed E-state index contributed by atoms with van der Waals surface area (Å²) in [6, 6.07) is 4.90. The van der Waals surface area contributed by atoms with E-state index in [0.717, 1.165) is 0 Å². The van der Waals surface area contributed by atoms with Crippen LogP contribution in [0.1, 0.15) is 0 Å². The van der Waals surface area contributed by atoms with Crippen molar-refractivity contribution < 1.29 is 14.2 Å². The predicted molar refractivity (Wildman–Crippen MR) is 74.7 cm³/mol. The van der Waals surface area contributed by atoms with Gasteiger partial charge in [0.15, 0.2) is 17.3 Å². The van der Waals surface area contributed by atoms with Gasteiger partial charge in [-0.3, -0.25) is 10.8 Å². The lowest BCUT2D eigenvalue weighted by molar-refractivity contribution is 0.349. The lowest BCUT2D eigenvalue weighted by Gasteiger charge is -2.13. The molecule has 0 radical (unpaired) electrons. The quantitative estimate of drug-likeness (QED) is 0.403. The van der Waals surface area contributed by atoms with Crippen LogP contribution in [0, 0.1) is 16.7 Å². The van der Waals surface area contributed by atoms with Crippen LogP contribution in [0.15, 0.2) is 17.2 Å². The molecule has 106 valence electrons. The number of hydrazone groups is 1. The number of hydrogen-bond donors (Lipinski definition) is 3. The number of nitriles is 1. The number of benzene rings is 1. The Morgan fingerprint density at radius 2 is 1.75 bits per heavy atom. The van der Waals surface area contributed by atoms with E-state index in [0.29, 0.717) is 22.9 Å². The highest BCUT2D eigenvalue weighted by molar-refractivity contribution is 6.45. The SMILES string of the molecule is COc1cc(OC)c(OC)cc1N/N=C(\C#N)C(=N)N. The maximum absolute atomic E-state index is 8.77. The number of ether oxygens (including phenoxy) is 3. The van der Waals surface area contributed by atoms with Gasteiger partial charge < -0.3 is 19.9 Å². The fraction of sp³-hybridized carbons (Fsp3) is 0.250. The molecule has 0 bridgehead atoms. The maximum Gasteiger partial charge on any atom is 0.201 e. The minimum absolute atomic E-state index is 0.234. The molecule has 20 heavy (non-hydrogen) atoms. The van der Waals surface area contributed by atoms with Crippen molar-refractivity contribution >= 4 is 17.2 Å². The van der Waals surface area contributed by atoms with Crippen molar-refractivity contribution in [2.24, 2.45) is 10.8 Å². The van der Waals surface area contributed by atoms with E-state index in [1.165, 1.54) is 21.3 Å². The van der Waals surface area contributed by atoms with Crippen LogP contribution in [-0.4, -0.2) is 32.9 Å². The van der Waals surface area contributed by atoms with Crippen LogP contribution in [0.25, 0.3) is 0 Å². The number of hydrogen-bond acceptors (Lipinski definition) is 7. The summed E-state index contributed by atoms with van der Waals surface area (Å²) in [6.07, 6.45) is 0. The van der Waals surface area contributed by atoms with Crippen LogP contribution < -0.4 is 25.4 Å². The minimum atomic E-state index is -0.431. The van der Waals surface area contributed by atoms with Gasteiger partial charge in [-0.15, -0.1) is 0 Å². The van der Waals surface area contributed by atoms with E-state index >= 15 is 0 Å². The van der Waals surface area contributed by atoms with E-state index < -0.39 is 5.84 Å². The van der Waals surface area contributed by atoms with Crippen molar-refractivity contribution in [3.8, 4) is 23.3 Å². The number of nitrogens with two attached hydrogens (primary N) is 1. The van der Waals surface area contributed by atoms with Gasteiger partial charge in [0.1, 0.15) is 17.5 Å². The third-order valence-corrected chi connectivity index (χ3v) is 2.35. The molecule has 8 nitrogen and oxygen atoms in total. The average Bonchev–Trinajstić information content (AvgIpc) is 2.46. The second kappa shape index (κ2) is 6.84. The molecule has 1 aromatic carbocycles. The highest BCUT2D eigenvalue weighted by Gasteiger charge is 2.12. The van der Waals surface area contributed by atoms with Crippen LogP contribution in [0.4, 0.5) is 5.69 Å². The Bertz CT molecular complexity index is 577. The molecule has 0 atom stereocenters. The van der Waals surface area contributed by atoms with Crippen LogP contribution in [0.2, 0.25) is 0 Å². The fourth-order valence-corrected chi connectivity index (χ4v) is 1.38. The van der Waals surface area contributed by atoms with E-state index in [1.807, 2.05) is 0 Å². The van der Waals surface area contributed by atoms with Gasteiger partial charge in [0.2, 0.25) is 5.71 Å². The van der Waals surface area contributed by atoms with Gasteiger partial charge in [0, 0.05) is 12.1 Å². The zero-order valence-corrected chi connectivity index (χ0v) is 11.4. The van der Waals surface area contributed by atoms with Crippen LogP contribution in [0.3, 0.4) is 0 Å². The largest absolute Gasteiger partial charge is 0.494 e. The highest BCUT2D eigenvalue weighted by atomic mass is 16.5. The smallest absolute Gasteiger partial charge is 0.201 e. The minimum Gasteiger partial charge on any atom is -0.494 e. The van der Waals surface area contributed by atoms with Crippen molar-refractivity contribution in [2.45, 2.75) is 0 Å². The number of nitrogens with zero attached hydrogens (tertiary/aromatic N) is 2. The number of rotatable bonds is 6. The van der Waals surface area contributed by atoms with Gasteiger partial charge in [-0.1, -0.05) is 0 Å². The van der Waals surface area contributed by atoms with E-state index in [1.54, 1.807) is 18.2 Å². The van der Waals surface area contributed by atoms with Gasteiger partial charge in [-0.05, 0) is 0 Å². The van der Waals surface area contributed by atoms with E-state index in [2.05, 4.69) is 10.5 Å². The third-order valence-electron chi connectivity index (χ3n) is 2.35. The van der Waals surface area contributed by atoms with Gasteiger partial charge in [-0.2, -0.15) is 10.4 Å². The molecule has 0 aromatic heterocycles. The first-order valence-corrected chi connectivity index (χ1v) is 5.45. The summed E-state index contributed by atoms with van der Waals surface area (Å²) in [7, 11) is 4.48. The molecule has 8 heteroatoms. The Morgan fingerprint density at radius 3 is 2.20 bits per heavy atom. The molecule has 0 heterocycles. The second-order valence-corrected chi connectivity index (χ2v) is 3.51. The Morgan fingerprint density at radius 1 is 1.20 bits per heavy atom. The summed E-state index contributed by atoms with van der Waals surface area (Å²) in [6.45, 7) is 0. The molecule has 1 rings (SSSR count). The molecular weight excluding hydrogens is 262 g/mol. The monoisotopic (exact) mass is 277 g/mol. The van der Waals surface area contributed by atoms with Crippen LogP contribution >= 0.6 is 0 Å². The Kier molecular flexibility index (Phi) is 5.17. The fourth-order valence-electron chi connectivity index (χ4n) is 1.38. The number of amidine groups is 1. The molecule has 0 unspecified atom stereocenters. The summed E-state index contributed by atoms with van der Waals surface area (Å²) in [4.78, 5) is 0. The topological polar surface area (TPSA) is 126 Å². The molecule has 0 aliphatic heterocycles. The summed E-state index contributed by atoms with van der Waals surface area (Å²) < 4.78 is 15.5. The van der Waals surface area contributed by atoms with Crippen molar-refractivity contribution in [3.05, 3.63) is 12.1 Å². The standard InChI is InChI=1S/C12H15N5O3/c1-18-9-5-11(20-3)10(19-2)4-7(9)16-17-8(6-13)12(14)15/h4-5,16H,1-3H3,(H3,14,15)/b17-8+. The van der Waals surface area contributed by atoms with Crippen LogP contribution in [-0.2, 0) is 0 Å². The molecule has 0 aliphatic carbocycles. The summed E-state index contributed by atoms with van der Waals surface area (Å²) >= 11 is 0. The first-order valence-electron chi connectivity index (χ1n) is 5.45. The van der Waals surface area contributed by atoms with E-state index in [9.17, 15) is 0 Å². The lowest BCUT2D eigenvalue weighted by atomic mass is 10.2. The molecule has 0 amide bonds. The highest BCUT2D eigenvalue weighted by Crippen LogP contribution is 2.37. The Labute approximate surface area is 116 Å². The third kappa shape index (κ3) is 3.29. The summed E-state index contributed by atoms with van der Waals surface area (Å²) in [5.41, 5.74) is 8.01. The van der Waals surface area contributed by atoms with Gasteiger partial charge in [0.05, 0.1) is 21.3 Å². The zero-order valence-electron chi connectivity index (χ0n) is 11.4. The van der Waals surface area contributed by atoms with E-state index in [4.69, 9.17) is 30.6 Å². The summed E-state index contributed by atoms with van der Waals surface area (Å²) in [5.74, 6) is 0.963. The number of methoxy groups -OCH3 is 3. The second-order valence-electron chi connectivity index (χ2n) is 3.51. The average molecular weight is 277 g/mol. The lowest BCUT2D eigenvalue weighted by Crippen LogP contribution is -2.21. The molecule has 1 aromatic rings. The molecule has 0 spiro atoms. The first kappa shape index (κ1) is 15.1. The molecule has 0 aliphatic rings. The molecule has 0 saturated carbocycles. The molecule has 0 fully saturated rings.